The van der Waals surface area contributed by atoms with Gasteiger partial charge in [0.2, 0.25) is 0 Å². The first-order valence-corrected chi connectivity index (χ1v) is 14.5. The van der Waals surface area contributed by atoms with Crippen molar-refractivity contribution in [1.29, 1.82) is 0 Å². The molecular formula is C19H29HgN2O2Si+. The molecule has 132 valence electrons. The number of carbonyl (C=O) groups is 1. The first-order chi connectivity index (χ1) is 11.5. The molecule has 1 aromatic heterocycles. The molecule has 0 atom stereocenters. The first kappa shape index (κ1) is 20.5. The predicted molar refractivity (Wildman–Crippen MR) is 103 cm³/mol. The van der Waals surface area contributed by atoms with Crippen LogP contribution in [0.3, 0.4) is 0 Å². The zero-order valence-corrected chi connectivity index (χ0v) is 23.1. The van der Waals surface area contributed by atoms with Crippen LogP contribution in [0.4, 0.5) is 0 Å². The maximum absolute atomic E-state index is 11.2. The van der Waals surface area contributed by atoms with Crippen LogP contribution in [0.2, 0.25) is 18.1 Å². The molecule has 1 heterocycles. The molecule has 0 saturated carbocycles. The number of nitrogens with one attached hydrogen (secondary N) is 1. The van der Waals surface area contributed by atoms with Gasteiger partial charge in [0.05, 0.1) is 0 Å². The number of rotatable bonds is 5. The van der Waals surface area contributed by atoms with Gasteiger partial charge in [0.1, 0.15) is 0 Å². The molecule has 25 heavy (non-hydrogen) atoms. The van der Waals surface area contributed by atoms with Crippen LogP contribution in [0.5, 0.6) is 5.75 Å². The van der Waals surface area contributed by atoms with Crippen molar-refractivity contribution in [1.82, 2.24) is 9.55 Å². The molecule has 0 radical (unpaired) electrons. The summed E-state index contributed by atoms with van der Waals surface area (Å²) in [6.45, 7) is 14.1. The Morgan fingerprint density at radius 1 is 1.32 bits per heavy atom. The Labute approximate surface area is 168 Å². The van der Waals surface area contributed by atoms with Crippen molar-refractivity contribution in [3.8, 4) is 5.75 Å². The molecular weight excluding hydrogens is 517 g/mol. The van der Waals surface area contributed by atoms with Gasteiger partial charge in [-0.15, -0.1) is 0 Å². The number of methoxy groups -OCH3 is 1. The van der Waals surface area contributed by atoms with E-state index in [2.05, 4.69) is 61.7 Å². The second kappa shape index (κ2) is 7.43. The van der Waals surface area contributed by atoms with E-state index < -0.39 is 8.24 Å². The van der Waals surface area contributed by atoms with Gasteiger partial charge >= 0.3 is 169 Å². The van der Waals surface area contributed by atoms with Crippen LogP contribution >= 0.6 is 0 Å². The normalized spacial score (nSPS) is 12.5. The van der Waals surface area contributed by atoms with Crippen molar-refractivity contribution >= 4 is 28.1 Å². The summed E-state index contributed by atoms with van der Waals surface area (Å²) in [6, 6.07) is 4.53. The van der Waals surface area contributed by atoms with Gasteiger partial charge in [0.15, 0.2) is 0 Å². The molecule has 0 unspecified atom stereocenters. The van der Waals surface area contributed by atoms with Crippen molar-refractivity contribution in [2.24, 2.45) is 0 Å². The van der Waals surface area contributed by atoms with E-state index in [4.69, 9.17) is 4.74 Å². The summed E-state index contributed by atoms with van der Waals surface area (Å²) in [6.07, 6.45) is 3.17. The zero-order chi connectivity index (χ0) is 19.0. The number of fused-ring (bicyclic) bond motifs is 1. The number of ether oxygens (including phenoxy) is 1. The Morgan fingerprint density at radius 2 is 1.96 bits per heavy atom. The fraction of sp³-hybridized carbons (Fsp3) is 0.526. The first-order valence-electron chi connectivity index (χ1n) is 8.78. The molecule has 2 rings (SSSR count). The van der Waals surface area contributed by atoms with Gasteiger partial charge in [-0.1, -0.05) is 0 Å². The van der Waals surface area contributed by atoms with Gasteiger partial charge in [-0.2, -0.15) is 0 Å². The molecule has 2 aromatic rings. The summed E-state index contributed by atoms with van der Waals surface area (Å²) >= 11 is 0.504. The number of hydrogen-bond acceptors (Lipinski definition) is 2. The molecule has 0 aliphatic rings. The van der Waals surface area contributed by atoms with Crippen molar-refractivity contribution in [2.45, 2.75) is 52.2 Å². The molecule has 6 heteroatoms. The van der Waals surface area contributed by atoms with E-state index in [1.165, 1.54) is 19.5 Å². The summed E-state index contributed by atoms with van der Waals surface area (Å²) in [5.41, 5.74) is 2.62. The van der Waals surface area contributed by atoms with E-state index >= 15 is 0 Å². The molecule has 0 fully saturated rings. The van der Waals surface area contributed by atoms with Crippen LogP contribution in [-0.4, -0.2) is 32.0 Å². The number of carbonyl (C=O) groups excluding carboxylic acids is 1. The average molecular weight is 546 g/mol. The van der Waals surface area contributed by atoms with Gasteiger partial charge in [0, 0.05) is 0 Å². The monoisotopic (exact) mass is 547 g/mol. The number of benzene rings is 1. The Morgan fingerprint density at radius 3 is 2.48 bits per heavy atom. The third-order valence-corrected chi connectivity index (χ3v) is 12.9. The second-order valence-corrected chi connectivity index (χ2v) is 16.3. The molecule has 0 aliphatic carbocycles. The van der Waals surface area contributed by atoms with Gasteiger partial charge in [-0.25, -0.2) is 0 Å². The summed E-state index contributed by atoms with van der Waals surface area (Å²) in [7, 11) is 0.0233. The van der Waals surface area contributed by atoms with Crippen LogP contribution < -0.4 is 13.1 Å². The topological polar surface area (TPSA) is 43.3 Å². The summed E-state index contributed by atoms with van der Waals surface area (Å²) in [5.74, 6) is 1.03. The third kappa shape index (κ3) is 4.13. The van der Waals surface area contributed by atoms with Crippen molar-refractivity contribution in [3.05, 3.63) is 23.9 Å². The minimum absolute atomic E-state index is 0.0231. The maximum atomic E-state index is 11.2. The van der Waals surface area contributed by atoms with Crippen LogP contribution in [0.15, 0.2) is 18.3 Å². The predicted octanol–water partition coefficient (Wildman–Crippen LogP) is 3.35. The standard InChI is InChI=1S/C19H29N2O2Si.Hg/c1-14(22)20-11-10-15-13-21(24(6,7)19(2,3)4)18-9-8-16(23-5)12-17(15)18;/h9,12-13H,10-11H2,1-7H3,(H,20,22);/q;+1. The third-order valence-electron chi connectivity index (χ3n) is 5.50. The van der Waals surface area contributed by atoms with E-state index in [1.54, 1.807) is 14.0 Å². The van der Waals surface area contributed by atoms with Gasteiger partial charge in [0.25, 0.3) is 0 Å². The van der Waals surface area contributed by atoms with Crippen LogP contribution in [0.1, 0.15) is 33.3 Å². The summed E-state index contributed by atoms with van der Waals surface area (Å²) in [5, 5.41) is 4.44. The van der Waals surface area contributed by atoms with E-state index in [0.29, 0.717) is 32.7 Å². The van der Waals surface area contributed by atoms with Gasteiger partial charge in [-0.3, -0.25) is 0 Å². The van der Waals surface area contributed by atoms with Crippen LogP contribution in [0, 0.1) is 0 Å². The Hall–Kier alpha value is -0.818. The van der Waals surface area contributed by atoms with E-state index in [0.717, 1.165) is 12.2 Å². The summed E-state index contributed by atoms with van der Waals surface area (Å²) < 4.78 is 9.50. The molecule has 0 bridgehead atoms. The molecule has 1 N–H and O–H groups in total. The van der Waals surface area contributed by atoms with Crippen molar-refractivity contribution in [2.75, 3.05) is 13.7 Å². The van der Waals surface area contributed by atoms with E-state index in [-0.39, 0.29) is 10.9 Å². The van der Waals surface area contributed by atoms with E-state index in [1.807, 2.05) is 0 Å². The fourth-order valence-electron chi connectivity index (χ4n) is 2.95. The van der Waals surface area contributed by atoms with Gasteiger partial charge in [-0.05, 0) is 0 Å². The number of amides is 1. The van der Waals surface area contributed by atoms with Gasteiger partial charge < -0.3 is 0 Å². The average Bonchev–Trinajstić information content (AvgIpc) is 2.83. The van der Waals surface area contributed by atoms with E-state index in [9.17, 15) is 4.79 Å². The molecule has 0 aliphatic heterocycles. The fourth-order valence-corrected chi connectivity index (χ4v) is 6.65. The second-order valence-electron chi connectivity index (χ2n) is 8.25. The number of nitrogens with zero attached hydrogens (tertiary/aromatic N) is 1. The number of hydrogen-bond donors (Lipinski definition) is 1. The Balaban J connectivity index is 2.62. The molecule has 4 nitrogen and oxygen atoms in total. The molecule has 1 aromatic carbocycles. The van der Waals surface area contributed by atoms with Crippen molar-refractivity contribution in [3.63, 3.8) is 0 Å². The Bertz CT molecular complexity index is 791. The van der Waals surface area contributed by atoms with Crippen LogP contribution in [-0.2, 0) is 37.3 Å². The zero-order valence-electron chi connectivity index (χ0n) is 16.6. The summed E-state index contributed by atoms with van der Waals surface area (Å²) in [4.78, 5) is 11.2. The molecule has 0 spiro atoms. The number of aromatic nitrogens is 1. The van der Waals surface area contributed by atoms with Crippen LogP contribution in [0.25, 0.3) is 10.9 Å². The minimum atomic E-state index is -1.73. The molecule has 1 amide bonds. The quantitative estimate of drug-likeness (QED) is 0.586. The Kier molecular flexibility index (Phi) is 6.09. The SMILES string of the molecule is COc1cc2c(CCNC(C)=O)cn([Si](C)(C)C(C)(C)C)c2c[c]1[Hg+]. The molecule has 0 saturated heterocycles. The van der Waals surface area contributed by atoms with Crippen molar-refractivity contribution < 1.29 is 35.7 Å².